The Hall–Kier alpha value is -1.41. The Kier molecular flexibility index (Phi) is 9.76. The normalized spacial score (nSPS) is 12.7. The summed E-state index contributed by atoms with van der Waals surface area (Å²) >= 11 is 0. The Morgan fingerprint density at radius 3 is 2.22 bits per heavy atom. The Labute approximate surface area is 198 Å². The molecule has 0 spiro atoms. The van der Waals surface area contributed by atoms with E-state index in [0.717, 1.165) is 31.7 Å². The van der Waals surface area contributed by atoms with Crippen molar-refractivity contribution in [1.82, 2.24) is 5.32 Å². The predicted molar refractivity (Wildman–Crippen MR) is 141 cm³/mol. The van der Waals surface area contributed by atoms with E-state index in [1.807, 2.05) is 0 Å². The van der Waals surface area contributed by atoms with Gasteiger partial charge in [-0.15, -0.1) is 0 Å². The molecule has 0 bridgehead atoms. The third-order valence-corrected chi connectivity index (χ3v) is 8.89. The Bertz CT molecular complexity index is 882. The molecule has 0 aromatic heterocycles. The standard InChI is InChI=1S/C28H44NO2P/c1-10-28(11-2,32-26-20(4)14-13-15-22(26)18-29-12-3)24-17-23(27(6,7)8)16-21(5)25(24)31-19-30-9/h13-17,29,32H,10-12,18-19H2,1-9H3. The Morgan fingerprint density at radius 2 is 1.66 bits per heavy atom. The molecule has 0 aliphatic carbocycles. The van der Waals surface area contributed by atoms with Gasteiger partial charge in [-0.3, -0.25) is 0 Å². The number of benzene rings is 2. The molecule has 0 amide bonds. The molecule has 0 fully saturated rings. The van der Waals surface area contributed by atoms with Crippen molar-refractivity contribution in [3.63, 3.8) is 0 Å². The second kappa shape index (κ2) is 11.6. The number of nitrogens with one attached hydrogen (secondary N) is 1. The van der Waals surface area contributed by atoms with Crippen LogP contribution in [-0.4, -0.2) is 20.4 Å². The third-order valence-electron chi connectivity index (χ3n) is 6.47. The highest BCUT2D eigenvalue weighted by molar-refractivity contribution is 7.48. The lowest BCUT2D eigenvalue weighted by molar-refractivity contribution is 0.0494. The summed E-state index contributed by atoms with van der Waals surface area (Å²) < 4.78 is 11.5. The highest BCUT2D eigenvalue weighted by Crippen LogP contribution is 2.52. The van der Waals surface area contributed by atoms with Crippen molar-refractivity contribution < 1.29 is 9.47 Å². The summed E-state index contributed by atoms with van der Waals surface area (Å²) in [6.07, 6.45) is 2.13. The van der Waals surface area contributed by atoms with Crippen LogP contribution in [0.3, 0.4) is 0 Å². The zero-order valence-electron chi connectivity index (χ0n) is 21.7. The first-order valence-corrected chi connectivity index (χ1v) is 13.0. The van der Waals surface area contributed by atoms with Crippen molar-refractivity contribution in [2.24, 2.45) is 0 Å². The number of ether oxygens (including phenoxy) is 2. The molecule has 1 atom stereocenters. The number of hydrogen-bond acceptors (Lipinski definition) is 3. The molecule has 0 aliphatic rings. The van der Waals surface area contributed by atoms with Gasteiger partial charge in [-0.05, 0) is 66.2 Å². The highest BCUT2D eigenvalue weighted by Gasteiger charge is 2.35. The van der Waals surface area contributed by atoms with Gasteiger partial charge >= 0.3 is 0 Å². The molecule has 0 radical (unpaired) electrons. The van der Waals surface area contributed by atoms with Gasteiger partial charge < -0.3 is 14.8 Å². The quantitative estimate of drug-likeness (QED) is 0.300. The summed E-state index contributed by atoms with van der Waals surface area (Å²) in [5.41, 5.74) is 6.77. The summed E-state index contributed by atoms with van der Waals surface area (Å²) in [4.78, 5) is 0. The lowest BCUT2D eigenvalue weighted by atomic mass is 9.81. The topological polar surface area (TPSA) is 30.5 Å². The van der Waals surface area contributed by atoms with Gasteiger partial charge in [0.25, 0.3) is 0 Å². The van der Waals surface area contributed by atoms with Gasteiger partial charge in [-0.25, -0.2) is 0 Å². The van der Waals surface area contributed by atoms with Crippen LogP contribution in [0.25, 0.3) is 0 Å². The molecule has 0 heterocycles. The Morgan fingerprint density at radius 1 is 0.969 bits per heavy atom. The van der Waals surface area contributed by atoms with Crippen LogP contribution < -0.4 is 15.4 Å². The van der Waals surface area contributed by atoms with Gasteiger partial charge in [0.2, 0.25) is 0 Å². The maximum Gasteiger partial charge on any atom is 0.188 e. The highest BCUT2D eigenvalue weighted by atomic mass is 31.1. The van der Waals surface area contributed by atoms with Crippen molar-refractivity contribution >= 4 is 13.9 Å². The fourth-order valence-electron chi connectivity index (χ4n) is 4.30. The van der Waals surface area contributed by atoms with E-state index in [1.54, 1.807) is 7.11 Å². The van der Waals surface area contributed by atoms with Crippen LogP contribution in [-0.2, 0) is 21.9 Å². The van der Waals surface area contributed by atoms with Gasteiger partial charge in [0.15, 0.2) is 6.79 Å². The monoisotopic (exact) mass is 457 g/mol. The second-order valence-electron chi connectivity index (χ2n) is 9.77. The molecular weight excluding hydrogens is 413 g/mol. The third kappa shape index (κ3) is 6.13. The molecule has 178 valence electrons. The zero-order valence-corrected chi connectivity index (χ0v) is 22.7. The van der Waals surface area contributed by atoms with Crippen LogP contribution in [0, 0.1) is 13.8 Å². The average Bonchev–Trinajstić information content (AvgIpc) is 2.75. The average molecular weight is 458 g/mol. The van der Waals surface area contributed by atoms with Crippen molar-refractivity contribution in [3.8, 4) is 5.75 Å². The van der Waals surface area contributed by atoms with E-state index in [-0.39, 0.29) is 17.4 Å². The maximum atomic E-state index is 6.23. The zero-order chi connectivity index (χ0) is 23.9. The van der Waals surface area contributed by atoms with E-state index in [0.29, 0.717) is 8.58 Å². The second-order valence-corrected chi connectivity index (χ2v) is 11.5. The van der Waals surface area contributed by atoms with Crippen molar-refractivity contribution in [3.05, 3.63) is 58.1 Å². The molecular formula is C28H44NO2P. The minimum atomic E-state index is 0.0160. The van der Waals surface area contributed by atoms with Crippen LogP contribution >= 0.6 is 8.58 Å². The van der Waals surface area contributed by atoms with Crippen LogP contribution in [0.1, 0.15) is 82.2 Å². The summed E-state index contributed by atoms with van der Waals surface area (Å²) in [6, 6.07) is 11.4. The lowest BCUT2D eigenvalue weighted by Gasteiger charge is -2.37. The SMILES string of the molecule is CCNCc1cccc(C)c1PC(CC)(CC)c1cc(C(C)(C)C)cc(C)c1OCOC. The van der Waals surface area contributed by atoms with E-state index in [2.05, 4.69) is 91.0 Å². The van der Waals surface area contributed by atoms with Crippen molar-refractivity contribution in [2.75, 3.05) is 20.4 Å². The lowest BCUT2D eigenvalue weighted by Crippen LogP contribution is -2.27. The summed E-state index contributed by atoms with van der Waals surface area (Å²) in [6.45, 7) is 20.3. The molecule has 3 nitrogen and oxygen atoms in total. The van der Waals surface area contributed by atoms with E-state index < -0.39 is 0 Å². The largest absolute Gasteiger partial charge is 0.467 e. The number of methoxy groups -OCH3 is 1. The van der Waals surface area contributed by atoms with Crippen LogP contribution in [0.4, 0.5) is 0 Å². The molecule has 0 saturated heterocycles. The van der Waals surface area contributed by atoms with Crippen LogP contribution in [0.15, 0.2) is 30.3 Å². The van der Waals surface area contributed by atoms with Gasteiger partial charge in [0.05, 0.1) is 0 Å². The minimum absolute atomic E-state index is 0.0160. The number of rotatable bonds is 11. The first-order chi connectivity index (χ1) is 15.1. The van der Waals surface area contributed by atoms with E-state index in [9.17, 15) is 0 Å². The number of hydrogen-bond donors (Lipinski definition) is 1. The summed E-state index contributed by atoms with van der Waals surface area (Å²) in [5.74, 6) is 0.998. The fourth-order valence-corrected chi connectivity index (χ4v) is 6.07. The Balaban J connectivity index is 2.71. The smallest absolute Gasteiger partial charge is 0.188 e. The summed E-state index contributed by atoms with van der Waals surface area (Å²) in [5, 5.41) is 5.04. The molecule has 1 N–H and O–H groups in total. The van der Waals surface area contributed by atoms with E-state index in [1.165, 1.54) is 33.1 Å². The summed E-state index contributed by atoms with van der Waals surface area (Å²) in [7, 11) is 2.36. The maximum absolute atomic E-state index is 6.23. The predicted octanol–water partition coefficient (Wildman–Crippen LogP) is 6.71. The number of aryl methyl sites for hydroxylation is 2. The van der Waals surface area contributed by atoms with Gasteiger partial charge in [0.1, 0.15) is 5.75 Å². The van der Waals surface area contributed by atoms with E-state index >= 15 is 0 Å². The minimum Gasteiger partial charge on any atom is -0.467 e. The molecule has 0 aliphatic heterocycles. The van der Waals surface area contributed by atoms with Crippen molar-refractivity contribution in [1.29, 1.82) is 0 Å². The molecule has 2 aromatic rings. The van der Waals surface area contributed by atoms with Gasteiger partial charge in [-0.2, -0.15) is 0 Å². The first kappa shape index (κ1) is 26.8. The molecule has 0 saturated carbocycles. The molecule has 1 unspecified atom stereocenters. The van der Waals surface area contributed by atoms with Crippen LogP contribution in [0.5, 0.6) is 5.75 Å². The molecule has 32 heavy (non-hydrogen) atoms. The van der Waals surface area contributed by atoms with Crippen LogP contribution in [0.2, 0.25) is 0 Å². The van der Waals surface area contributed by atoms with Gasteiger partial charge in [0, 0.05) is 24.4 Å². The molecule has 2 rings (SSSR count). The van der Waals surface area contributed by atoms with Gasteiger partial charge in [-0.1, -0.05) is 80.5 Å². The fraction of sp³-hybridized carbons (Fsp3) is 0.571. The molecule has 4 heteroatoms. The van der Waals surface area contributed by atoms with Crippen molar-refractivity contribution in [2.45, 2.75) is 85.3 Å². The molecule has 2 aromatic carbocycles. The van der Waals surface area contributed by atoms with E-state index in [4.69, 9.17) is 9.47 Å². The first-order valence-electron chi connectivity index (χ1n) is 12.0.